The number of hydrogen-bond acceptors (Lipinski definition) is 5. The fraction of sp³-hybridized carbons (Fsp3) is 0.600. The van der Waals surface area contributed by atoms with Crippen molar-refractivity contribution < 1.29 is 14.4 Å². The van der Waals surface area contributed by atoms with Gasteiger partial charge in [-0.2, -0.15) is 0 Å². The fourth-order valence-electron chi connectivity index (χ4n) is 7.73. The van der Waals surface area contributed by atoms with Crippen LogP contribution >= 0.6 is 12.2 Å². The van der Waals surface area contributed by atoms with Crippen molar-refractivity contribution in [2.45, 2.75) is 58.5 Å². The Morgan fingerprint density at radius 2 is 1.71 bits per heavy atom. The van der Waals surface area contributed by atoms with Gasteiger partial charge >= 0.3 is 6.03 Å². The normalized spacial score (nSPS) is 30.9. The van der Waals surface area contributed by atoms with Gasteiger partial charge in [-0.05, 0) is 72.5 Å². The minimum Gasteiger partial charge on any atom is -0.366 e. The van der Waals surface area contributed by atoms with Crippen LogP contribution in [0.5, 0.6) is 0 Å². The number of rotatable bonds is 1. The Morgan fingerprint density at radius 1 is 1.06 bits per heavy atom. The van der Waals surface area contributed by atoms with Crippen LogP contribution in [0.15, 0.2) is 18.2 Å². The van der Waals surface area contributed by atoms with Crippen molar-refractivity contribution in [3.05, 3.63) is 23.8 Å². The summed E-state index contributed by atoms with van der Waals surface area (Å²) in [6.07, 6.45) is 3.10. The summed E-state index contributed by atoms with van der Waals surface area (Å²) in [4.78, 5) is 45.3. The first-order chi connectivity index (χ1) is 15.8. The van der Waals surface area contributed by atoms with E-state index >= 15 is 0 Å². The average molecular weight is 484 g/mol. The van der Waals surface area contributed by atoms with Crippen LogP contribution in [0, 0.1) is 16.2 Å². The third kappa shape index (κ3) is 2.95. The summed E-state index contributed by atoms with van der Waals surface area (Å²) < 4.78 is 0. The van der Waals surface area contributed by atoms with E-state index in [0.717, 1.165) is 46.0 Å². The molecule has 3 fully saturated rings. The van der Waals surface area contributed by atoms with Crippen LogP contribution in [0.3, 0.4) is 0 Å². The second-order valence-corrected chi connectivity index (χ2v) is 12.0. The van der Waals surface area contributed by atoms with Crippen LogP contribution in [0.2, 0.25) is 0 Å². The summed E-state index contributed by atoms with van der Waals surface area (Å²) in [5, 5.41) is 6.57. The number of benzene rings is 1. The van der Waals surface area contributed by atoms with Crippen molar-refractivity contribution in [3.63, 3.8) is 0 Å². The highest BCUT2D eigenvalue weighted by Gasteiger charge is 2.71. The lowest BCUT2D eigenvalue weighted by Crippen LogP contribution is -2.72. The first-order valence-electron chi connectivity index (χ1n) is 11.8. The standard InChI is InChI=1S/C25H33N5O3S/c1-23(2)11-16-12-24(3,13-23)18-25(19(31)28(5)22(33)29(6)20(25)32)10-14-9-15(27-21(34)26-4)7-8-17(14)30(16)18/h7-9,16,18H,10-13H2,1-6H3,(H2,26,27,34)/t16-,18+,24-/m1/s1. The monoisotopic (exact) mass is 483 g/mol. The van der Waals surface area contributed by atoms with Gasteiger partial charge in [-0.1, -0.05) is 20.8 Å². The molecule has 9 heteroatoms. The third-order valence-electron chi connectivity index (χ3n) is 8.43. The number of hydrogen-bond donors (Lipinski definition) is 2. The highest BCUT2D eigenvalue weighted by atomic mass is 32.1. The van der Waals surface area contributed by atoms with Gasteiger partial charge in [-0.3, -0.25) is 19.4 Å². The summed E-state index contributed by atoms with van der Waals surface area (Å²) in [6.45, 7) is 6.79. The first kappa shape index (κ1) is 23.1. The summed E-state index contributed by atoms with van der Waals surface area (Å²) in [6, 6.07) is 5.42. The van der Waals surface area contributed by atoms with Crippen molar-refractivity contribution in [2.24, 2.45) is 16.2 Å². The van der Waals surface area contributed by atoms with Gasteiger partial charge in [0.2, 0.25) is 11.8 Å². The maximum absolute atomic E-state index is 14.0. The number of nitrogens with one attached hydrogen (secondary N) is 2. The van der Waals surface area contributed by atoms with Crippen molar-refractivity contribution in [1.29, 1.82) is 0 Å². The Kier molecular flexibility index (Phi) is 4.86. The first-order valence-corrected chi connectivity index (χ1v) is 12.3. The maximum Gasteiger partial charge on any atom is 0.332 e. The van der Waals surface area contributed by atoms with Crippen LogP contribution in [0.1, 0.15) is 45.6 Å². The zero-order valence-corrected chi connectivity index (χ0v) is 21.5. The smallest absolute Gasteiger partial charge is 0.332 e. The lowest BCUT2D eigenvalue weighted by Gasteiger charge is -2.54. The van der Waals surface area contributed by atoms with Gasteiger partial charge in [-0.15, -0.1) is 0 Å². The molecular formula is C25H33N5O3S. The number of barbiturate groups is 1. The summed E-state index contributed by atoms with van der Waals surface area (Å²) in [5.41, 5.74) is 1.30. The van der Waals surface area contributed by atoms with Crippen LogP contribution in [0.4, 0.5) is 16.2 Å². The lowest BCUT2D eigenvalue weighted by molar-refractivity contribution is -0.161. The molecule has 2 saturated heterocycles. The molecule has 0 unspecified atom stereocenters. The number of carbonyl (C=O) groups is 3. The SMILES string of the molecule is CNC(=S)Nc1ccc2c(c1)CC1(C(=O)N(C)C(=O)N(C)C1=O)[C@H]1N2[C@@H]2CC(C)(C)C[C@@]1(C)C2. The molecule has 3 atom stereocenters. The number of anilines is 2. The molecule has 4 aliphatic rings. The molecule has 1 aliphatic carbocycles. The van der Waals surface area contributed by atoms with Gasteiger partial charge in [0.05, 0.1) is 6.04 Å². The van der Waals surface area contributed by atoms with Gasteiger partial charge in [-0.25, -0.2) is 4.79 Å². The summed E-state index contributed by atoms with van der Waals surface area (Å²) in [7, 11) is 4.74. The summed E-state index contributed by atoms with van der Waals surface area (Å²) in [5.74, 6) is -0.783. The quantitative estimate of drug-likeness (QED) is 0.469. The molecule has 0 radical (unpaired) electrons. The predicted octanol–water partition coefficient (Wildman–Crippen LogP) is 2.97. The van der Waals surface area contributed by atoms with Crippen LogP contribution in [-0.4, -0.2) is 66.0 Å². The fourth-order valence-corrected chi connectivity index (χ4v) is 7.84. The van der Waals surface area contributed by atoms with Gasteiger partial charge < -0.3 is 15.5 Å². The number of urea groups is 1. The second-order valence-electron chi connectivity index (χ2n) is 11.6. The molecule has 3 heterocycles. The van der Waals surface area contributed by atoms with Crippen LogP contribution in [0.25, 0.3) is 0 Å². The zero-order chi connectivity index (χ0) is 24.8. The van der Waals surface area contributed by atoms with Crippen molar-refractivity contribution >= 4 is 46.6 Å². The molecule has 2 N–H and O–H groups in total. The largest absolute Gasteiger partial charge is 0.366 e. The topological polar surface area (TPSA) is 85.0 Å². The van der Waals surface area contributed by atoms with E-state index in [9.17, 15) is 14.4 Å². The van der Waals surface area contributed by atoms with E-state index in [1.807, 2.05) is 12.1 Å². The van der Waals surface area contributed by atoms with Crippen molar-refractivity contribution in [1.82, 2.24) is 15.1 Å². The molecule has 182 valence electrons. The maximum atomic E-state index is 14.0. The molecule has 1 saturated carbocycles. The Hall–Kier alpha value is -2.68. The molecule has 1 spiro atoms. The molecule has 8 nitrogen and oxygen atoms in total. The molecule has 1 aromatic rings. The number of amides is 4. The highest BCUT2D eigenvalue weighted by molar-refractivity contribution is 7.80. The molecule has 5 rings (SSSR count). The van der Waals surface area contributed by atoms with Gasteiger partial charge in [0.25, 0.3) is 0 Å². The van der Waals surface area contributed by atoms with Crippen LogP contribution in [-0.2, 0) is 16.0 Å². The number of thiocarbonyl (C=S) groups is 1. The Labute approximate surface area is 206 Å². The van der Waals surface area contributed by atoms with E-state index in [0.29, 0.717) is 5.11 Å². The average Bonchev–Trinajstić information content (AvgIpc) is 3.00. The minimum absolute atomic E-state index is 0.0885. The second kappa shape index (κ2) is 7.16. The molecule has 3 aliphatic heterocycles. The van der Waals surface area contributed by atoms with E-state index < -0.39 is 23.3 Å². The van der Waals surface area contributed by atoms with Crippen molar-refractivity contribution in [2.75, 3.05) is 31.4 Å². The van der Waals surface area contributed by atoms with Crippen LogP contribution < -0.4 is 15.5 Å². The zero-order valence-electron chi connectivity index (χ0n) is 20.7. The molecule has 2 bridgehead atoms. The van der Waals surface area contributed by atoms with E-state index in [1.54, 1.807) is 7.05 Å². The Bertz CT molecular complexity index is 1110. The highest BCUT2D eigenvalue weighted by Crippen LogP contribution is 2.64. The number of fused-ring (bicyclic) bond motifs is 8. The van der Waals surface area contributed by atoms with E-state index in [4.69, 9.17) is 12.2 Å². The molecule has 4 amide bonds. The molecule has 0 aromatic heterocycles. The molecule has 34 heavy (non-hydrogen) atoms. The van der Waals surface area contributed by atoms with E-state index in [-0.39, 0.29) is 29.3 Å². The predicted molar refractivity (Wildman–Crippen MR) is 135 cm³/mol. The lowest BCUT2D eigenvalue weighted by atomic mass is 9.56. The van der Waals surface area contributed by atoms with E-state index in [2.05, 4.69) is 42.4 Å². The molecule has 1 aromatic carbocycles. The number of imide groups is 2. The number of carbonyl (C=O) groups excluding carboxylic acids is 3. The number of nitrogens with zero attached hydrogens (tertiary/aromatic N) is 3. The third-order valence-corrected chi connectivity index (χ3v) is 8.74. The Morgan fingerprint density at radius 3 is 2.32 bits per heavy atom. The Balaban J connectivity index is 1.73. The molecular weight excluding hydrogens is 450 g/mol. The minimum atomic E-state index is -1.35. The van der Waals surface area contributed by atoms with Gasteiger partial charge in [0.1, 0.15) is 0 Å². The summed E-state index contributed by atoms with van der Waals surface area (Å²) >= 11 is 5.28. The van der Waals surface area contributed by atoms with Gasteiger partial charge in [0.15, 0.2) is 10.5 Å². The van der Waals surface area contributed by atoms with Crippen molar-refractivity contribution in [3.8, 4) is 0 Å². The van der Waals surface area contributed by atoms with Gasteiger partial charge in [0, 0.05) is 38.6 Å². The van der Waals surface area contributed by atoms with E-state index in [1.165, 1.54) is 14.1 Å².